The molecule has 3 rings (SSSR count). The zero-order valence-corrected chi connectivity index (χ0v) is 11.3. The van der Waals surface area contributed by atoms with Crippen molar-refractivity contribution < 1.29 is 9.50 Å². The van der Waals surface area contributed by atoms with Gasteiger partial charge in [0.25, 0.3) is 0 Å². The second-order valence-electron chi connectivity index (χ2n) is 5.66. The lowest BCUT2D eigenvalue weighted by Gasteiger charge is -2.39. The molecular weight excluding hydrogens is 243 g/mol. The third kappa shape index (κ3) is 2.47. The molecule has 2 saturated heterocycles. The summed E-state index contributed by atoms with van der Waals surface area (Å²) in [6.45, 7) is 5.70. The van der Waals surface area contributed by atoms with Gasteiger partial charge in [-0.25, -0.2) is 4.39 Å². The van der Waals surface area contributed by atoms with Crippen molar-refractivity contribution in [2.45, 2.75) is 31.9 Å². The standard InChI is InChI=1S/C15H21FN2O/c1-11(19)12-4-5-15(14(16)9-12)18-8-7-17-6-2-3-13(17)10-18/h4-5,9,11,13,19H,2-3,6-8,10H2,1H3/t11-,13?/m0/s1. The van der Waals surface area contributed by atoms with Crippen LogP contribution in [0.2, 0.25) is 0 Å². The van der Waals surface area contributed by atoms with E-state index >= 15 is 0 Å². The minimum atomic E-state index is -0.616. The zero-order valence-electron chi connectivity index (χ0n) is 11.3. The number of nitrogens with zero attached hydrogens (tertiary/aromatic N) is 2. The van der Waals surface area contributed by atoms with Crippen molar-refractivity contribution in [1.82, 2.24) is 4.90 Å². The first-order chi connectivity index (χ1) is 9.15. The predicted octanol–water partition coefficient (Wildman–Crippen LogP) is 2.16. The molecule has 1 N–H and O–H groups in total. The average Bonchev–Trinajstić information content (AvgIpc) is 2.85. The van der Waals surface area contributed by atoms with Crippen molar-refractivity contribution in [3.05, 3.63) is 29.6 Å². The van der Waals surface area contributed by atoms with Crippen LogP contribution in [0.5, 0.6) is 0 Å². The molecular formula is C15H21FN2O. The fraction of sp³-hybridized carbons (Fsp3) is 0.600. The number of aliphatic hydroxyl groups excluding tert-OH is 1. The third-order valence-corrected chi connectivity index (χ3v) is 4.38. The molecule has 1 aromatic rings. The first kappa shape index (κ1) is 12.9. The van der Waals surface area contributed by atoms with Crippen LogP contribution in [0.15, 0.2) is 18.2 Å². The van der Waals surface area contributed by atoms with Crippen LogP contribution in [0.3, 0.4) is 0 Å². The lowest BCUT2D eigenvalue weighted by atomic mass is 10.1. The maximum atomic E-state index is 14.2. The molecule has 2 heterocycles. The number of halogens is 1. The van der Waals surface area contributed by atoms with E-state index in [1.807, 2.05) is 12.1 Å². The number of fused-ring (bicyclic) bond motifs is 1. The van der Waals surface area contributed by atoms with Crippen LogP contribution >= 0.6 is 0 Å². The Balaban J connectivity index is 1.78. The Bertz CT molecular complexity index is 463. The number of piperazine rings is 1. The third-order valence-electron chi connectivity index (χ3n) is 4.38. The molecule has 0 radical (unpaired) electrons. The lowest BCUT2D eigenvalue weighted by Crippen LogP contribution is -2.50. The molecule has 0 saturated carbocycles. The van der Waals surface area contributed by atoms with E-state index in [9.17, 15) is 9.50 Å². The van der Waals surface area contributed by atoms with Gasteiger partial charge in [0.05, 0.1) is 11.8 Å². The molecule has 2 fully saturated rings. The normalized spacial score (nSPS) is 25.4. The van der Waals surface area contributed by atoms with Crippen molar-refractivity contribution in [3.8, 4) is 0 Å². The molecule has 104 valence electrons. The molecule has 2 atom stereocenters. The number of benzene rings is 1. The van der Waals surface area contributed by atoms with E-state index in [1.54, 1.807) is 6.92 Å². The molecule has 0 spiro atoms. The van der Waals surface area contributed by atoms with Crippen LogP contribution in [0, 0.1) is 5.82 Å². The highest BCUT2D eigenvalue weighted by atomic mass is 19.1. The molecule has 2 aliphatic heterocycles. The van der Waals surface area contributed by atoms with Crippen LogP contribution in [0.4, 0.5) is 10.1 Å². The maximum Gasteiger partial charge on any atom is 0.146 e. The fourth-order valence-electron chi connectivity index (χ4n) is 3.25. The fourth-order valence-corrected chi connectivity index (χ4v) is 3.25. The van der Waals surface area contributed by atoms with Crippen LogP contribution in [-0.4, -0.2) is 42.2 Å². The number of rotatable bonds is 2. The van der Waals surface area contributed by atoms with Crippen molar-refractivity contribution in [2.75, 3.05) is 31.1 Å². The topological polar surface area (TPSA) is 26.7 Å². The summed E-state index contributed by atoms with van der Waals surface area (Å²) in [5, 5.41) is 9.49. The molecule has 4 heteroatoms. The Hall–Kier alpha value is -1.13. The van der Waals surface area contributed by atoms with E-state index in [4.69, 9.17) is 0 Å². The van der Waals surface area contributed by atoms with Crippen molar-refractivity contribution in [1.29, 1.82) is 0 Å². The van der Waals surface area contributed by atoms with Crippen LogP contribution in [0.1, 0.15) is 31.4 Å². The molecule has 0 amide bonds. The minimum absolute atomic E-state index is 0.218. The smallest absolute Gasteiger partial charge is 0.146 e. The Morgan fingerprint density at radius 2 is 2.16 bits per heavy atom. The van der Waals surface area contributed by atoms with Gasteiger partial charge in [-0.1, -0.05) is 6.07 Å². The summed E-state index contributed by atoms with van der Waals surface area (Å²) in [6, 6.07) is 5.68. The summed E-state index contributed by atoms with van der Waals surface area (Å²) in [4.78, 5) is 4.66. The van der Waals surface area contributed by atoms with Crippen molar-refractivity contribution in [2.24, 2.45) is 0 Å². The van der Waals surface area contributed by atoms with E-state index in [-0.39, 0.29) is 5.82 Å². The summed E-state index contributed by atoms with van der Waals surface area (Å²) in [7, 11) is 0. The number of aliphatic hydroxyl groups is 1. The van der Waals surface area contributed by atoms with Gasteiger partial charge in [-0.2, -0.15) is 0 Å². The second kappa shape index (κ2) is 5.10. The number of hydrogen-bond donors (Lipinski definition) is 1. The average molecular weight is 264 g/mol. The molecule has 3 nitrogen and oxygen atoms in total. The largest absolute Gasteiger partial charge is 0.389 e. The Morgan fingerprint density at radius 1 is 1.32 bits per heavy atom. The number of hydrogen-bond acceptors (Lipinski definition) is 3. The molecule has 0 aliphatic carbocycles. The molecule has 2 aliphatic rings. The van der Waals surface area contributed by atoms with Crippen molar-refractivity contribution in [3.63, 3.8) is 0 Å². The molecule has 0 aromatic heterocycles. The van der Waals surface area contributed by atoms with Gasteiger partial charge in [-0.05, 0) is 44.0 Å². The van der Waals surface area contributed by atoms with Crippen LogP contribution in [-0.2, 0) is 0 Å². The zero-order chi connectivity index (χ0) is 13.4. The highest BCUT2D eigenvalue weighted by Crippen LogP contribution is 2.28. The Labute approximate surface area is 113 Å². The second-order valence-corrected chi connectivity index (χ2v) is 5.66. The maximum absolute atomic E-state index is 14.2. The van der Waals surface area contributed by atoms with Gasteiger partial charge in [-0.3, -0.25) is 4.90 Å². The summed E-state index contributed by atoms with van der Waals surface area (Å²) in [6.07, 6.45) is 1.88. The highest BCUT2D eigenvalue weighted by molar-refractivity contribution is 5.50. The monoisotopic (exact) mass is 264 g/mol. The van der Waals surface area contributed by atoms with Gasteiger partial charge in [0, 0.05) is 25.7 Å². The van der Waals surface area contributed by atoms with E-state index in [1.165, 1.54) is 25.5 Å². The molecule has 19 heavy (non-hydrogen) atoms. The molecule has 0 bridgehead atoms. The van der Waals surface area contributed by atoms with Crippen LogP contribution < -0.4 is 4.90 Å². The number of anilines is 1. The highest BCUT2D eigenvalue weighted by Gasteiger charge is 2.31. The van der Waals surface area contributed by atoms with E-state index in [0.29, 0.717) is 17.3 Å². The first-order valence-corrected chi connectivity index (χ1v) is 7.11. The minimum Gasteiger partial charge on any atom is -0.389 e. The van der Waals surface area contributed by atoms with Gasteiger partial charge >= 0.3 is 0 Å². The van der Waals surface area contributed by atoms with Gasteiger partial charge in [0.15, 0.2) is 0 Å². The van der Waals surface area contributed by atoms with Crippen molar-refractivity contribution >= 4 is 5.69 Å². The summed E-state index contributed by atoms with van der Waals surface area (Å²) < 4.78 is 14.2. The quantitative estimate of drug-likeness (QED) is 0.887. The van der Waals surface area contributed by atoms with Gasteiger partial charge < -0.3 is 10.0 Å². The van der Waals surface area contributed by atoms with E-state index < -0.39 is 6.10 Å². The predicted molar refractivity (Wildman–Crippen MR) is 73.8 cm³/mol. The van der Waals surface area contributed by atoms with Gasteiger partial charge in [-0.15, -0.1) is 0 Å². The summed E-state index contributed by atoms with van der Waals surface area (Å²) in [5.74, 6) is -0.218. The van der Waals surface area contributed by atoms with Gasteiger partial charge in [0.2, 0.25) is 0 Å². The Kier molecular flexibility index (Phi) is 3.46. The Morgan fingerprint density at radius 3 is 2.89 bits per heavy atom. The molecule has 1 unspecified atom stereocenters. The summed E-state index contributed by atoms with van der Waals surface area (Å²) in [5.41, 5.74) is 1.32. The van der Waals surface area contributed by atoms with Crippen LogP contribution in [0.25, 0.3) is 0 Å². The van der Waals surface area contributed by atoms with E-state index in [2.05, 4.69) is 9.80 Å². The summed E-state index contributed by atoms with van der Waals surface area (Å²) >= 11 is 0. The first-order valence-electron chi connectivity index (χ1n) is 7.11. The molecule has 1 aromatic carbocycles. The van der Waals surface area contributed by atoms with E-state index in [0.717, 1.165) is 19.6 Å². The van der Waals surface area contributed by atoms with Gasteiger partial charge in [0.1, 0.15) is 5.82 Å². The lowest BCUT2D eigenvalue weighted by molar-refractivity contribution is 0.198. The SMILES string of the molecule is C[C@H](O)c1ccc(N2CCN3CCCC3C2)c(F)c1.